The van der Waals surface area contributed by atoms with E-state index in [1.54, 1.807) is 0 Å². The highest BCUT2D eigenvalue weighted by atomic mass is 19.1. The normalized spacial score (nSPS) is 17.9. The summed E-state index contributed by atoms with van der Waals surface area (Å²) in [5, 5.41) is 0. The number of nitrogens with zero attached hydrogens (tertiary/aromatic N) is 1. The second-order valence-corrected chi connectivity index (χ2v) is 5.01. The predicted molar refractivity (Wildman–Crippen MR) is 65.5 cm³/mol. The molecule has 18 heavy (non-hydrogen) atoms. The Morgan fingerprint density at radius 3 is 2.61 bits per heavy atom. The molecule has 2 nitrogen and oxygen atoms in total. The van der Waals surface area contributed by atoms with Crippen LogP contribution in [0.25, 0.3) is 0 Å². The van der Waals surface area contributed by atoms with Crippen LogP contribution < -0.4 is 0 Å². The van der Waals surface area contributed by atoms with Crippen LogP contribution in [0.4, 0.5) is 8.78 Å². The molecule has 1 fully saturated rings. The zero-order chi connectivity index (χ0) is 13.1. The van der Waals surface area contributed by atoms with Gasteiger partial charge in [0.1, 0.15) is 11.6 Å². The summed E-state index contributed by atoms with van der Waals surface area (Å²) in [5.41, 5.74) is -0.0185. The molecular weight excluding hydrogens is 236 g/mol. The Balaban J connectivity index is 1.99. The number of piperidine rings is 1. The van der Waals surface area contributed by atoms with E-state index in [4.69, 9.17) is 0 Å². The van der Waals surface area contributed by atoms with E-state index in [0.717, 1.165) is 38.1 Å². The highest BCUT2D eigenvalue weighted by Gasteiger charge is 2.20. The lowest BCUT2D eigenvalue weighted by Crippen LogP contribution is -2.37. The van der Waals surface area contributed by atoms with Crippen molar-refractivity contribution < 1.29 is 13.6 Å². The van der Waals surface area contributed by atoms with Crippen LogP contribution in [0.1, 0.15) is 30.1 Å². The highest BCUT2D eigenvalue weighted by molar-refractivity contribution is 5.97. The van der Waals surface area contributed by atoms with Crippen LogP contribution in [0.15, 0.2) is 18.2 Å². The largest absolute Gasteiger partial charge is 0.296 e. The van der Waals surface area contributed by atoms with Gasteiger partial charge in [0, 0.05) is 6.07 Å². The Morgan fingerprint density at radius 2 is 2.00 bits per heavy atom. The zero-order valence-corrected chi connectivity index (χ0v) is 10.5. The first-order valence-electron chi connectivity index (χ1n) is 6.27. The van der Waals surface area contributed by atoms with Gasteiger partial charge in [0.05, 0.1) is 12.1 Å². The molecule has 1 heterocycles. The first kappa shape index (κ1) is 13.1. The molecule has 0 atom stereocenters. The molecule has 98 valence electrons. The second-order valence-electron chi connectivity index (χ2n) is 5.01. The summed E-state index contributed by atoms with van der Waals surface area (Å²) in [5.74, 6) is -1.01. The summed E-state index contributed by atoms with van der Waals surface area (Å²) >= 11 is 0. The molecule has 0 bridgehead atoms. The van der Waals surface area contributed by atoms with Gasteiger partial charge in [-0.2, -0.15) is 0 Å². The Hall–Kier alpha value is -1.29. The number of carbonyl (C=O) groups excluding carboxylic acids is 1. The van der Waals surface area contributed by atoms with Crippen molar-refractivity contribution in [2.24, 2.45) is 5.92 Å². The number of benzene rings is 1. The van der Waals surface area contributed by atoms with Crippen molar-refractivity contribution in [3.63, 3.8) is 0 Å². The fourth-order valence-corrected chi connectivity index (χ4v) is 2.22. The number of halogens is 2. The van der Waals surface area contributed by atoms with Gasteiger partial charge in [-0.05, 0) is 44.0 Å². The molecule has 0 N–H and O–H groups in total. The Morgan fingerprint density at radius 1 is 1.33 bits per heavy atom. The lowest BCUT2D eigenvalue weighted by Gasteiger charge is -2.29. The number of hydrogen-bond donors (Lipinski definition) is 0. The van der Waals surface area contributed by atoms with Gasteiger partial charge in [-0.1, -0.05) is 6.92 Å². The van der Waals surface area contributed by atoms with Gasteiger partial charge in [0.15, 0.2) is 5.78 Å². The van der Waals surface area contributed by atoms with Crippen molar-refractivity contribution in [2.75, 3.05) is 19.6 Å². The number of hydrogen-bond acceptors (Lipinski definition) is 2. The average molecular weight is 253 g/mol. The standard InChI is InChI=1S/C14H17F2NO/c1-10-4-6-17(7-5-10)9-14(18)12-3-2-11(15)8-13(12)16/h2-3,8,10H,4-7,9H2,1H3. The van der Waals surface area contributed by atoms with Crippen LogP contribution in [0.5, 0.6) is 0 Å². The lowest BCUT2D eigenvalue weighted by atomic mass is 9.98. The number of Topliss-reactive ketones (excluding diaryl/α,β-unsaturated/α-hetero) is 1. The maximum atomic E-state index is 13.4. The van der Waals surface area contributed by atoms with E-state index >= 15 is 0 Å². The number of carbonyl (C=O) groups is 1. The molecule has 4 heteroatoms. The van der Waals surface area contributed by atoms with E-state index < -0.39 is 11.6 Å². The van der Waals surface area contributed by atoms with Gasteiger partial charge in [-0.15, -0.1) is 0 Å². The predicted octanol–water partition coefficient (Wildman–Crippen LogP) is 2.88. The molecule has 0 aromatic heterocycles. The third-order valence-corrected chi connectivity index (χ3v) is 3.48. The minimum Gasteiger partial charge on any atom is -0.296 e. The molecule has 0 unspecified atom stereocenters. The summed E-state index contributed by atoms with van der Waals surface area (Å²) in [6.07, 6.45) is 2.14. The molecule has 1 aliphatic rings. The van der Waals surface area contributed by atoms with Gasteiger partial charge in [-0.3, -0.25) is 9.69 Å². The van der Waals surface area contributed by atoms with Crippen LogP contribution in [-0.2, 0) is 0 Å². The van der Waals surface area contributed by atoms with E-state index in [1.165, 1.54) is 6.07 Å². The van der Waals surface area contributed by atoms with E-state index in [0.29, 0.717) is 5.92 Å². The van der Waals surface area contributed by atoms with Crippen molar-refractivity contribution >= 4 is 5.78 Å². The summed E-state index contributed by atoms with van der Waals surface area (Å²) in [7, 11) is 0. The SMILES string of the molecule is CC1CCN(CC(=O)c2ccc(F)cc2F)CC1. The van der Waals surface area contributed by atoms with Crippen molar-refractivity contribution in [2.45, 2.75) is 19.8 Å². The number of likely N-dealkylation sites (tertiary alicyclic amines) is 1. The van der Waals surface area contributed by atoms with Gasteiger partial charge >= 0.3 is 0 Å². The smallest absolute Gasteiger partial charge is 0.179 e. The zero-order valence-electron chi connectivity index (χ0n) is 10.5. The minimum atomic E-state index is -0.773. The van der Waals surface area contributed by atoms with Crippen LogP contribution in [-0.4, -0.2) is 30.3 Å². The molecular formula is C14H17F2NO. The quantitative estimate of drug-likeness (QED) is 0.772. The Bertz CT molecular complexity index is 439. The van der Waals surface area contributed by atoms with Gasteiger partial charge in [0.25, 0.3) is 0 Å². The van der Waals surface area contributed by atoms with Crippen LogP contribution in [0.3, 0.4) is 0 Å². The topological polar surface area (TPSA) is 20.3 Å². The van der Waals surface area contributed by atoms with Crippen molar-refractivity contribution in [1.29, 1.82) is 0 Å². The first-order valence-corrected chi connectivity index (χ1v) is 6.27. The van der Waals surface area contributed by atoms with Gasteiger partial charge < -0.3 is 0 Å². The molecule has 0 aliphatic carbocycles. The maximum Gasteiger partial charge on any atom is 0.179 e. The summed E-state index contributed by atoms with van der Waals surface area (Å²) in [6.45, 7) is 4.15. The molecule has 1 aliphatic heterocycles. The first-order chi connectivity index (χ1) is 8.56. The lowest BCUT2D eigenvalue weighted by molar-refractivity contribution is 0.0896. The van der Waals surface area contributed by atoms with Crippen molar-refractivity contribution in [3.8, 4) is 0 Å². The van der Waals surface area contributed by atoms with Crippen LogP contribution in [0, 0.1) is 17.6 Å². The van der Waals surface area contributed by atoms with E-state index in [2.05, 4.69) is 6.92 Å². The van der Waals surface area contributed by atoms with E-state index in [9.17, 15) is 13.6 Å². The molecule has 0 radical (unpaired) electrons. The summed E-state index contributed by atoms with van der Waals surface area (Å²) in [4.78, 5) is 14.0. The Labute approximate surface area is 106 Å². The molecule has 0 spiro atoms. The fraction of sp³-hybridized carbons (Fsp3) is 0.500. The number of rotatable bonds is 3. The van der Waals surface area contributed by atoms with Crippen LogP contribution >= 0.6 is 0 Å². The third-order valence-electron chi connectivity index (χ3n) is 3.48. The van der Waals surface area contributed by atoms with E-state index in [-0.39, 0.29) is 17.9 Å². The third kappa shape index (κ3) is 3.13. The molecule has 1 saturated heterocycles. The average Bonchev–Trinajstić information content (AvgIpc) is 2.32. The molecule has 0 amide bonds. The van der Waals surface area contributed by atoms with Crippen molar-refractivity contribution in [1.82, 2.24) is 4.90 Å². The van der Waals surface area contributed by atoms with Crippen molar-refractivity contribution in [3.05, 3.63) is 35.4 Å². The Kier molecular flexibility index (Phi) is 4.07. The molecule has 2 rings (SSSR count). The molecule has 0 saturated carbocycles. The minimum absolute atomic E-state index is 0.0185. The molecule has 1 aromatic rings. The van der Waals surface area contributed by atoms with Gasteiger partial charge in [-0.25, -0.2) is 8.78 Å². The van der Waals surface area contributed by atoms with E-state index in [1.807, 2.05) is 4.90 Å². The van der Waals surface area contributed by atoms with Gasteiger partial charge in [0.2, 0.25) is 0 Å². The number of ketones is 1. The fourth-order valence-electron chi connectivity index (χ4n) is 2.22. The monoisotopic (exact) mass is 253 g/mol. The highest BCUT2D eigenvalue weighted by Crippen LogP contribution is 2.17. The second kappa shape index (κ2) is 5.57. The van der Waals surface area contributed by atoms with Crippen LogP contribution in [0.2, 0.25) is 0 Å². The maximum absolute atomic E-state index is 13.4. The summed E-state index contributed by atoms with van der Waals surface area (Å²) < 4.78 is 26.2. The summed E-state index contributed by atoms with van der Waals surface area (Å²) in [6, 6.07) is 3.10. The molecule has 1 aromatic carbocycles.